The zero-order valence-electron chi connectivity index (χ0n) is 12.7. The second kappa shape index (κ2) is 6.77. The Labute approximate surface area is 146 Å². The third kappa shape index (κ3) is 4.19. The molecule has 0 aliphatic carbocycles. The minimum absolute atomic E-state index is 0.0780. The van der Waals surface area contributed by atoms with E-state index in [-0.39, 0.29) is 18.0 Å². The monoisotopic (exact) mass is 394 g/mol. The van der Waals surface area contributed by atoms with Crippen molar-refractivity contribution in [1.29, 1.82) is 0 Å². The topological polar surface area (TPSA) is 75.6 Å². The van der Waals surface area contributed by atoms with E-state index >= 15 is 0 Å². The van der Waals surface area contributed by atoms with E-state index in [4.69, 9.17) is 0 Å². The van der Waals surface area contributed by atoms with Crippen molar-refractivity contribution < 1.29 is 26.3 Å². The summed E-state index contributed by atoms with van der Waals surface area (Å²) < 4.78 is 74.7. The Morgan fingerprint density at radius 2 is 1.72 bits per heavy atom. The molecule has 25 heavy (non-hydrogen) atoms. The van der Waals surface area contributed by atoms with E-state index < -0.39 is 22.1 Å². The van der Waals surface area contributed by atoms with Crippen molar-refractivity contribution in [2.24, 2.45) is 0 Å². The molecular formula is C13H13F3N4O3S2. The Balaban J connectivity index is 1.68. The van der Waals surface area contributed by atoms with Crippen molar-refractivity contribution in [3.63, 3.8) is 0 Å². The number of anilines is 1. The number of rotatable bonds is 4. The fraction of sp³-hybridized carbons (Fsp3) is 0.385. The first-order valence-electron chi connectivity index (χ1n) is 7.14. The highest BCUT2D eigenvalue weighted by Gasteiger charge is 2.32. The van der Waals surface area contributed by atoms with Crippen LogP contribution in [0.1, 0.15) is 0 Å². The Morgan fingerprint density at radius 1 is 1.08 bits per heavy atom. The van der Waals surface area contributed by atoms with Crippen LogP contribution in [0.25, 0.3) is 0 Å². The van der Waals surface area contributed by atoms with Crippen molar-refractivity contribution >= 4 is 27.6 Å². The quantitative estimate of drug-likeness (QED) is 0.789. The summed E-state index contributed by atoms with van der Waals surface area (Å²) in [5, 5.41) is 0. The molecule has 1 aromatic carbocycles. The number of aromatic nitrogens is 2. The van der Waals surface area contributed by atoms with E-state index in [1.807, 2.05) is 4.90 Å². The van der Waals surface area contributed by atoms with Gasteiger partial charge in [0.15, 0.2) is 5.82 Å². The molecule has 1 aromatic heterocycles. The van der Waals surface area contributed by atoms with Crippen molar-refractivity contribution in [2.45, 2.75) is 11.3 Å². The molecule has 0 N–H and O–H groups in total. The fourth-order valence-electron chi connectivity index (χ4n) is 2.42. The largest absolute Gasteiger partial charge is 0.573 e. The summed E-state index contributed by atoms with van der Waals surface area (Å²) in [7, 11) is -3.78. The van der Waals surface area contributed by atoms with Gasteiger partial charge in [-0.3, -0.25) is 0 Å². The van der Waals surface area contributed by atoms with Crippen LogP contribution in [0.4, 0.5) is 19.0 Å². The van der Waals surface area contributed by atoms with Gasteiger partial charge >= 0.3 is 6.36 Å². The van der Waals surface area contributed by atoms with E-state index in [0.717, 1.165) is 36.0 Å². The number of hydrogen-bond acceptors (Lipinski definition) is 7. The number of alkyl halides is 3. The van der Waals surface area contributed by atoms with Gasteiger partial charge in [-0.1, -0.05) is 0 Å². The summed E-state index contributed by atoms with van der Waals surface area (Å²) in [5.74, 6) is 0.239. The molecule has 3 rings (SSSR count). The fourth-order valence-corrected chi connectivity index (χ4v) is 4.28. The minimum atomic E-state index is -4.82. The molecule has 136 valence electrons. The predicted molar refractivity (Wildman–Crippen MR) is 84.0 cm³/mol. The first-order chi connectivity index (χ1) is 11.8. The smallest absolute Gasteiger partial charge is 0.406 e. The van der Waals surface area contributed by atoms with Gasteiger partial charge in [0.1, 0.15) is 5.75 Å². The van der Waals surface area contributed by atoms with E-state index in [9.17, 15) is 21.6 Å². The van der Waals surface area contributed by atoms with E-state index in [2.05, 4.69) is 13.5 Å². The maximum Gasteiger partial charge on any atom is 0.573 e. The van der Waals surface area contributed by atoms with Crippen LogP contribution in [0.2, 0.25) is 0 Å². The average Bonchev–Trinajstić information content (AvgIpc) is 3.08. The highest BCUT2D eigenvalue weighted by molar-refractivity contribution is 7.89. The summed E-state index contributed by atoms with van der Waals surface area (Å²) in [4.78, 5) is 1.85. The molecule has 0 saturated carbocycles. The minimum Gasteiger partial charge on any atom is -0.406 e. The summed E-state index contributed by atoms with van der Waals surface area (Å²) in [6.45, 7) is 1.42. The van der Waals surface area contributed by atoms with Gasteiger partial charge in [-0.25, -0.2) is 8.42 Å². The third-order valence-corrected chi connectivity index (χ3v) is 5.99. The van der Waals surface area contributed by atoms with E-state index in [0.29, 0.717) is 18.9 Å². The van der Waals surface area contributed by atoms with Gasteiger partial charge in [0.05, 0.1) is 22.8 Å². The van der Waals surface area contributed by atoms with Gasteiger partial charge in [-0.05, 0) is 24.3 Å². The first-order valence-corrected chi connectivity index (χ1v) is 9.31. The molecule has 0 radical (unpaired) electrons. The number of hydrogen-bond donors (Lipinski definition) is 0. The van der Waals surface area contributed by atoms with Crippen molar-refractivity contribution in [3.8, 4) is 5.75 Å². The molecule has 0 atom stereocenters. The second-order valence-electron chi connectivity index (χ2n) is 5.18. The lowest BCUT2D eigenvalue weighted by Gasteiger charge is -2.33. The van der Waals surface area contributed by atoms with Gasteiger partial charge in [0.2, 0.25) is 10.0 Å². The Kier molecular flexibility index (Phi) is 4.84. The second-order valence-corrected chi connectivity index (χ2v) is 7.67. The number of piperazine rings is 1. The standard InChI is InChI=1S/C13H13F3N4O3S2/c14-13(15,16)23-10-1-3-11(4-2-10)25(21,22)20-7-5-19(6-8-20)12-9-17-24-18-12/h1-4,9H,5-8H2. The van der Waals surface area contributed by atoms with Crippen LogP contribution < -0.4 is 9.64 Å². The Morgan fingerprint density at radius 3 is 2.24 bits per heavy atom. The zero-order valence-corrected chi connectivity index (χ0v) is 14.3. The SMILES string of the molecule is O=S(=O)(c1ccc(OC(F)(F)F)cc1)N1CCN(c2cnsn2)CC1. The maximum atomic E-state index is 12.6. The van der Waals surface area contributed by atoms with Crippen molar-refractivity contribution in [1.82, 2.24) is 13.1 Å². The van der Waals surface area contributed by atoms with Crippen LogP contribution >= 0.6 is 11.7 Å². The molecule has 1 aliphatic heterocycles. The molecule has 12 heteroatoms. The van der Waals surface area contributed by atoms with Crippen LogP contribution in [0.15, 0.2) is 35.4 Å². The molecule has 2 aromatic rings. The van der Waals surface area contributed by atoms with Gasteiger partial charge in [0.25, 0.3) is 0 Å². The molecule has 7 nitrogen and oxygen atoms in total. The molecule has 1 saturated heterocycles. The lowest BCUT2D eigenvalue weighted by molar-refractivity contribution is -0.274. The molecular weight excluding hydrogens is 381 g/mol. The van der Waals surface area contributed by atoms with Crippen LogP contribution in [0.3, 0.4) is 0 Å². The van der Waals surface area contributed by atoms with Crippen LogP contribution in [0.5, 0.6) is 5.75 Å². The van der Waals surface area contributed by atoms with E-state index in [1.54, 1.807) is 6.20 Å². The number of halogens is 3. The van der Waals surface area contributed by atoms with Gasteiger partial charge in [-0.2, -0.15) is 13.1 Å². The van der Waals surface area contributed by atoms with Gasteiger partial charge in [-0.15, -0.1) is 13.2 Å². The molecule has 1 fully saturated rings. The van der Waals surface area contributed by atoms with Crippen molar-refractivity contribution in [3.05, 3.63) is 30.5 Å². The Hall–Kier alpha value is -1.92. The van der Waals surface area contributed by atoms with Crippen molar-refractivity contribution in [2.75, 3.05) is 31.1 Å². The lowest BCUT2D eigenvalue weighted by Crippen LogP contribution is -2.48. The molecule has 1 aliphatic rings. The van der Waals surface area contributed by atoms with Crippen LogP contribution in [0, 0.1) is 0 Å². The van der Waals surface area contributed by atoms with Crippen LogP contribution in [-0.2, 0) is 10.0 Å². The van der Waals surface area contributed by atoms with E-state index in [1.165, 1.54) is 4.31 Å². The average molecular weight is 394 g/mol. The molecule has 0 unspecified atom stereocenters. The molecule has 0 spiro atoms. The number of benzene rings is 1. The summed E-state index contributed by atoms with van der Waals surface area (Å²) in [5.41, 5.74) is 0. The molecule has 0 bridgehead atoms. The Bertz CT molecular complexity index is 802. The first kappa shape index (κ1) is 17.9. The summed E-state index contributed by atoms with van der Waals surface area (Å²) >= 11 is 1.08. The molecule has 2 heterocycles. The predicted octanol–water partition coefficient (Wildman–Crippen LogP) is 1.95. The third-order valence-electron chi connectivity index (χ3n) is 3.61. The van der Waals surface area contributed by atoms with Crippen LogP contribution in [-0.4, -0.2) is 54.0 Å². The maximum absolute atomic E-state index is 12.6. The van der Waals surface area contributed by atoms with Gasteiger partial charge in [0, 0.05) is 26.2 Å². The van der Waals surface area contributed by atoms with Gasteiger partial charge < -0.3 is 9.64 Å². The molecule has 0 amide bonds. The number of sulfonamides is 1. The highest BCUT2D eigenvalue weighted by atomic mass is 32.2. The zero-order chi connectivity index (χ0) is 18.1. The summed E-state index contributed by atoms with van der Waals surface area (Å²) in [6, 6.07) is 4.18. The highest BCUT2D eigenvalue weighted by Crippen LogP contribution is 2.26. The number of nitrogens with zero attached hydrogens (tertiary/aromatic N) is 4. The normalized spacial score (nSPS) is 16.8. The lowest BCUT2D eigenvalue weighted by atomic mass is 10.3. The number of ether oxygens (including phenoxy) is 1. The summed E-state index contributed by atoms with van der Waals surface area (Å²) in [6.07, 6.45) is -3.20.